The van der Waals surface area contributed by atoms with Crippen molar-refractivity contribution in [2.75, 3.05) is 13.2 Å². The highest BCUT2D eigenvalue weighted by molar-refractivity contribution is 5.03. The van der Waals surface area contributed by atoms with Crippen molar-refractivity contribution in [2.45, 2.75) is 102 Å². The Bertz CT molecular complexity index is 604. The summed E-state index contributed by atoms with van der Waals surface area (Å²) in [5, 5.41) is 38.7. The predicted octanol–water partition coefficient (Wildman–Crippen LogP) is 1.65. The second-order valence-electron chi connectivity index (χ2n) is 10.0. The van der Waals surface area contributed by atoms with Gasteiger partial charge >= 0.3 is 0 Å². The molecule has 2 aliphatic heterocycles. The van der Waals surface area contributed by atoms with Gasteiger partial charge in [0.15, 0.2) is 11.6 Å². The highest BCUT2D eigenvalue weighted by atomic mass is 16.8. The molecule has 4 aliphatic rings. The molecule has 8 nitrogen and oxygen atoms in total. The molecule has 0 bridgehead atoms. The van der Waals surface area contributed by atoms with Crippen LogP contribution in [0.5, 0.6) is 0 Å². The van der Waals surface area contributed by atoms with Gasteiger partial charge in [-0.25, -0.2) is 0 Å². The average Bonchev–Trinajstić information content (AvgIpc) is 3.21. The van der Waals surface area contributed by atoms with E-state index in [4.69, 9.17) is 18.9 Å². The Morgan fingerprint density at radius 2 is 1.00 bits per heavy atom. The number of fused-ring (bicyclic) bond motifs is 2. The van der Waals surface area contributed by atoms with E-state index >= 15 is 0 Å². The lowest BCUT2D eigenvalue weighted by atomic mass is 9.89. The monoisotopic (exact) mass is 456 g/mol. The quantitative estimate of drug-likeness (QED) is 0.464. The van der Waals surface area contributed by atoms with Crippen molar-refractivity contribution in [3.63, 3.8) is 0 Å². The van der Waals surface area contributed by atoms with Gasteiger partial charge in [-0.1, -0.05) is 24.3 Å². The van der Waals surface area contributed by atoms with Crippen LogP contribution in [0.25, 0.3) is 0 Å². The van der Waals surface area contributed by atoms with Gasteiger partial charge in [0.2, 0.25) is 0 Å². The van der Waals surface area contributed by atoms with Crippen LogP contribution in [-0.4, -0.2) is 81.8 Å². The third kappa shape index (κ3) is 6.18. The zero-order valence-corrected chi connectivity index (χ0v) is 19.6. The van der Waals surface area contributed by atoms with E-state index in [-0.39, 0.29) is 49.5 Å². The van der Waals surface area contributed by atoms with Crippen molar-refractivity contribution in [3.05, 3.63) is 24.3 Å². The van der Waals surface area contributed by atoms with Gasteiger partial charge in [0.05, 0.1) is 12.2 Å². The zero-order valence-electron chi connectivity index (χ0n) is 19.6. The Morgan fingerprint density at radius 1 is 0.656 bits per heavy atom. The maximum absolute atomic E-state index is 9.96. The van der Waals surface area contributed by atoms with Gasteiger partial charge in [0.1, 0.15) is 24.4 Å². The molecule has 32 heavy (non-hydrogen) atoms. The summed E-state index contributed by atoms with van der Waals surface area (Å²) >= 11 is 0. The Morgan fingerprint density at radius 3 is 1.34 bits per heavy atom. The first kappa shape index (κ1) is 25.8. The fourth-order valence-electron chi connectivity index (χ4n) is 4.92. The number of hydrogen-bond acceptors (Lipinski definition) is 8. The van der Waals surface area contributed by atoms with Crippen LogP contribution >= 0.6 is 0 Å². The number of hydrogen-bond donors (Lipinski definition) is 4. The molecule has 2 aliphatic carbocycles. The first-order chi connectivity index (χ1) is 15.1. The largest absolute Gasteiger partial charge is 0.396 e. The van der Waals surface area contributed by atoms with Crippen LogP contribution in [0.2, 0.25) is 0 Å². The number of allylic oxidation sites excluding steroid dienone is 2. The van der Waals surface area contributed by atoms with Crippen molar-refractivity contribution in [1.82, 2.24) is 0 Å². The van der Waals surface area contributed by atoms with Crippen molar-refractivity contribution in [2.24, 2.45) is 11.8 Å². The lowest BCUT2D eigenvalue weighted by molar-refractivity contribution is -0.156. The lowest BCUT2D eigenvalue weighted by Crippen LogP contribution is -2.40. The fraction of sp³-hybridized carbons (Fsp3) is 0.833. The Kier molecular flexibility index (Phi) is 8.55. The van der Waals surface area contributed by atoms with E-state index in [2.05, 4.69) is 0 Å². The first-order valence-corrected chi connectivity index (χ1v) is 11.7. The molecular formula is C24H40O8. The SMILES string of the molecule is CC1(C)O[C@@H]2[C@H](CO)CC/C=C\[C@H](O)[C@@H]2O1.CC1(C)O[C@H]2[C@@H](CO)CC/C=C\[C@@H](O)[C@H]2O1. The predicted molar refractivity (Wildman–Crippen MR) is 118 cm³/mol. The van der Waals surface area contributed by atoms with Crippen LogP contribution in [0.1, 0.15) is 53.4 Å². The standard InChI is InChI=1S/2C12H20O4/c2*1-12(2)15-10-8(7-13)5-3-4-6-9(14)11(10)16-12/h2*4,6,8-11,13-14H,3,5,7H2,1-2H3/b2*6-4-/t2*8-,9-,10+,11-/m10/s1. The molecule has 0 unspecified atom stereocenters. The van der Waals surface area contributed by atoms with Gasteiger partial charge in [0, 0.05) is 25.0 Å². The minimum absolute atomic E-state index is 0.0337. The van der Waals surface area contributed by atoms with Crippen molar-refractivity contribution < 1.29 is 39.4 Å². The van der Waals surface area contributed by atoms with Crippen molar-refractivity contribution in [1.29, 1.82) is 0 Å². The molecule has 8 atom stereocenters. The molecular weight excluding hydrogens is 416 g/mol. The van der Waals surface area contributed by atoms with Gasteiger partial charge in [-0.3, -0.25) is 0 Å². The molecule has 4 rings (SSSR count). The summed E-state index contributed by atoms with van der Waals surface area (Å²) in [7, 11) is 0. The highest BCUT2D eigenvalue weighted by Gasteiger charge is 2.48. The van der Waals surface area contributed by atoms with E-state index in [1.807, 2.05) is 39.8 Å². The summed E-state index contributed by atoms with van der Waals surface area (Å²) in [5.74, 6) is -1.29. The molecule has 0 spiro atoms. The molecule has 0 aromatic carbocycles. The maximum atomic E-state index is 9.96. The molecule has 2 fully saturated rings. The summed E-state index contributed by atoms with van der Waals surface area (Å²) < 4.78 is 23.0. The molecule has 0 aromatic rings. The lowest BCUT2D eigenvalue weighted by Gasteiger charge is -2.28. The third-order valence-corrected chi connectivity index (χ3v) is 6.47. The molecule has 2 heterocycles. The Hall–Kier alpha value is -0.840. The van der Waals surface area contributed by atoms with Crippen LogP contribution in [0.3, 0.4) is 0 Å². The second kappa shape index (κ2) is 10.6. The van der Waals surface area contributed by atoms with Gasteiger partial charge < -0.3 is 39.4 Å². The second-order valence-corrected chi connectivity index (χ2v) is 10.0. The van der Waals surface area contributed by atoms with Crippen molar-refractivity contribution in [3.8, 4) is 0 Å². The van der Waals surface area contributed by atoms with Crippen LogP contribution in [0.15, 0.2) is 24.3 Å². The fourth-order valence-corrected chi connectivity index (χ4v) is 4.92. The number of ether oxygens (including phenoxy) is 4. The topological polar surface area (TPSA) is 118 Å². The minimum Gasteiger partial charge on any atom is -0.396 e. The summed E-state index contributed by atoms with van der Waals surface area (Å²) in [6.45, 7) is 7.49. The van der Waals surface area contributed by atoms with Gasteiger partial charge in [-0.05, 0) is 53.4 Å². The molecule has 0 amide bonds. The zero-order chi connectivity index (χ0) is 23.5. The normalized spacial score (nSPS) is 44.5. The van der Waals surface area contributed by atoms with Gasteiger partial charge in [-0.2, -0.15) is 0 Å². The van der Waals surface area contributed by atoms with E-state index < -0.39 is 23.8 Å². The molecule has 0 saturated carbocycles. The maximum Gasteiger partial charge on any atom is 0.163 e. The Balaban J connectivity index is 0.000000181. The van der Waals surface area contributed by atoms with E-state index in [1.54, 1.807) is 12.2 Å². The number of aliphatic hydroxyl groups is 4. The van der Waals surface area contributed by atoms with Crippen LogP contribution in [-0.2, 0) is 18.9 Å². The summed E-state index contributed by atoms with van der Waals surface area (Å²) in [4.78, 5) is 0. The molecule has 184 valence electrons. The van der Waals surface area contributed by atoms with E-state index in [0.717, 1.165) is 25.7 Å². The highest BCUT2D eigenvalue weighted by Crippen LogP contribution is 2.37. The summed E-state index contributed by atoms with van der Waals surface area (Å²) in [6.07, 6.45) is 8.35. The van der Waals surface area contributed by atoms with E-state index in [0.29, 0.717) is 0 Å². The smallest absolute Gasteiger partial charge is 0.163 e. The van der Waals surface area contributed by atoms with E-state index in [1.165, 1.54) is 0 Å². The van der Waals surface area contributed by atoms with Crippen molar-refractivity contribution >= 4 is 0 Å². The summed E-state index contributed by atoms with van der Waals surface area (Å²) in [6, 6.07) is 0. The van der Waals surface area contributed by atoms with Gasteiger partial charge in [0.25, 0.3) is 0 Å². The molecule has 2 saturated heterocycles. The summed E-state index contributed by atoms with van der Waals surface area (Å²) in [5.41, 5.74) is 0. The van der Waals surface area contributed by atoms with Crippen LogP contribution < -0.4 is 0 Å². The average molecular weight is 457 g/mol. The van der Waals surface area contributed by atoms with Gasteiger partial charge in [-0.15, -0.1) is 0 Å². The Labute approximate surface area is 190 Å². The molecule has 8 heteroatoms. The first-order valence-electron chi connectivity index (χ1n) is 11.7. The third-order valence-electron chi connectivity index (χ3n) is 6.47. The number of aliphatic hydroxyl groups excluding tert-OH is 4. The van der Waals surface area contributed by atoms with Crippen LogP contribution in [0.4, 0.5) is 0 Å². The molecule has 0 radical (unpaired) electrons. The van der Waals surface area contributed by atoms with E-state index in [9.17, 15) is 20.4 Å². The molecule has 0 aromatic heterocycles. The minimum atomic E-state index is -0.679. The number of rotatable bonds is 2. The molecule has 4 N–H and O–H groups in total. The van der Waals surface area contributed by atoms with Crippen LogP contribution in [0, 0.1) is 11.8 Å².